The molecule has 132 valence electrons. The van der Waals surface area contributed by atoms with E-state index in [9.17, 15) is 9.90 Å². The van der Waals surface area contributed by atoms with Crippen molar-refractivity contribution in [3.8, 4) is 11.5 Å². The summed E-state index contributed by atoms with van der Waals surface area (Å²) in [4.78, 5) is 11.3. The van der Waals surface area contributed by atoms with Crippen molar-refractivity contribution in [3.05, 3.63) is 35.5 Å². The number of carboxylic acid groups (broad SMARTS) is 1. The predicted molar refractivity (Wildman–Crippen MR) is 88.7 cm³/mol. The van der Waals surface area contributed by atoms with E-state index >= 15 is 0 Å². The number of allylic oxidation sites excluding steroid dienone is 1. The van der Waals surface area contributed by atoms with E-state index in [1.165, 1.54) is 4.68 Å². The number of carboxylic acids is 1. The molecule has 9 heteroatoms. The average molecular weight is 345 g/mol. The summed E-state index contributed by atoms with van der Waals surface area (Å²) in [7, 11) is 1.56. The van der Waals surface area contributed by atoms with Gasteiger partial charge in [-0.3, -0.25) is 0 Å². The summed E-state index contributed by atoms with van der Waals surface area (Å²) in [5.74, 6) is 0.386. The third-order valence-electron chi connectivity index (χ3n) is 3.99. The van der Waals surface area contributed by atoms with E-state index in [1.807, 2.05) is 19.9 Å². The lowest BCUT2D eigenvalue weighted by Gasteiger charge is -2.23. The first-order chi connectivity index (χ1) is 12.0. The summed E-state index contributed by atoms with van der Waals surface area (Å²) in [5.41, 5.74) is 0.799. The van der Waals surface area contributed by atoms with Gasteiger partial charge in [-0.05, 0) is 47.5 Å². The van der Waals surface area contributed by atoms with E-state index in [2.05, 4.69) is 20.8 Å². The predicted octanol–water partition coefficient (Wildman–Crippen LogP) is 1.84. The smallest absolute Gasteiger partial charge is 0.352 e. The summed E-state index contributed by atoms with van der Waals surface area (Å²) < 4.78 is 12.8. The van der Waals surface area contributed by atoms with Crippen LogP contribution in [0.15, 0.2) is 30.0 Å². The minimum absolute atomic E-state index is 0.0196. The summed E-state index contributed by atoms with van der Waals surface area (Å²) in [6.45, 7) is 4.02. The number of tetrazole rings is 1. The van der Waals surface area contributed by atoms with Crippen molar-refractivity contribution in [3.63, 3.8) is 0 Å². The van der Waals surface area contributed by atoms with Gasteiger partial charge in [-0.1, -0.05) is 18.1 Å². The van der Waals surface area contributed by atoms with Crippen LogP contribution in [0, 0.1) is 0 Å². The number of methoxy groups -OCH3 is 1. The van der Waals surface area contributed by atoms with Crippen LogP contribution in [0.25, 0.3) is 0 Å². The molecule has 0 fully saturated rings. The van der Waals surface area contributed by atoms with E-state index in [0.717, 1.165) is 12.0 Å². The standard InChI is InChI=1S/C16H19N5O4/c1-4-9(2)25-13-6-5-10(7-14(13)24-3)12-8-11(15(22)23)17-16-18-19-20-21(12)16/h5-9,12H,4H2,1-3H3,(H,22,23)(H,17,18,20)/t9-,12-/m1/s1. The summed E-state index contributed by atoms with van der Waals surface area (Å²) in [6.07, 6.45) is 2.48. The maximum absolute atomic E-state index is 11.3. The zero-order valence-electron chi connectivity index (χ0n) is 14.1. The molecule has 3 rings (SSSR count). The van der Waals surface area contributed by atoms with Crippen LogP contribution >= 0.6 is 0 Å². The van der Waals surface area contributed by atoms with Gasteiger partial charge in [0.2, 0.25) is 5.95 Å². The number of fused-ring (bicyclic) bond motifs is 1. The van der Waals surface area contributed by atoms with E-state index in [0.29, 0.717) is 11.5 Å². The first-order valence-corrected chi connectivity index (χ1v) is 7.88. The maximum atomic E-state index is 11.3. The van der Waals surface area contributed by atoms with Gasteiger partial charge in [0.15, 0.2) is 11.5 Å². The molecule has 1 aromatic carbocycles. The first-order valence-electron chi connectivity index (χ1n) is 7.88. The fraction of sp³-hybridized carbons (Fsp3) is 0.375. The highest BCUT2D eigenvalue weighted by atomic mass is 16.5. The molecule has 0 saturated heterocycles. The monoisotopic (exact) mass is 345 g/mol. The van der Waals surface area contributed by atoms with Gasteiger partial charge < -0.3 is 19.9 Å². The van der Waals surface area contributed by atoms with Crippen molar-refractivity contribution >= 4 is 11.9 Å². The second-order valence-corrected chi connectivity index (χ2v) is 5.65. The molecule has 0 amide bonds. The molecule has 2 atom stereocenters. The summed E-state index contributed by atoms with van der Waals surface area (Å²) >= 11 is 0. The van der Waals surface area contributed by atoms with Gasteiger partial charge >= 0.3 is 5.97 Å². The lowest BCUT2D eigenvalue weighted by atomic mass is 10.0. The van der Waals surface area contributed by atoms with E-state index in [4.69, 9.17) is 9.47 Å². The van der Waals surface area contributed by atoms with Gasteiger partial charge in [0.05, 0.1) is 13.2 Å². The minimum atomic E-state index is -1.08. The number of ether oxygens (including phenoxy) is 2. The number of aliphatic carboxylic acids is 1. The molecule has 0 unspecified atom stereocenters. The number of nitrogens with one attached hydrogen (secondary N) is 1. The van der Waals surface area contributed by atoms with Crippen molar-refractivity contribution in [2.45, 2.75) is 32.4 Å². The molecule has 1 aliphatic heterocycles. The maximum Gasteiger partial charge on any atom is 0.352 e. The van der Waals surface area contributed by atoms with Gasteiger partial charge in [0.1, 0.15) is 11.7 Å². The van der Waals surface area contributed by atoms with Crippen molar-refractivity contribution in [2.24, 2.45) is 0 Å². The van der Waals surface area contributed by atoms with Gasteiger partial charge in [-0.2, -0.15) is 4.68 Å². The second-order valence-electron chi connectivity index (χ2n) is 5.65. The van der Waals surface area contributed by atoms with Crippen molar-refractivity contribution < 1.29 is 19.4 Å². The molecule has 0 aliphatic carbocycles. The highest BCUT2D eigenvalue weighted by Crippen LogP contribution is 2.35. The SMILES string of the molecule is CC[C@@H](C)Oc1ccc([C@H]2C=C(C(=O)O)Nc3nnnn32)cc1OC. The molecule has 0 bridgehead atoms. The van der Waals surface area contributed by atoms with Crippen LogP contribution in [0.4, 0.5) is 5.95 Å². The van der Waals surface area contributed by atoms with Crippen LogP contribution < -0.4 is 14.8 Å². The average Bonchev–Trinajstić information content (AvgIpc) is 3.09. The molecular formula is C16H19N5O4. The highest BCUT2D eigenvalue weighted by molar-refractivity contribution is 5.90. The van der Waals surface area contributed by atoms with Gasteiger partial charge in [0, 0.05) is 0 Å². The largest absolute Gasteiger partial charge is 0.493 e. The molecule has 1 aromatic heterocycles. The molecule has 0 spiro atoms. The Morgan fingerprint density at radius 2 is 2.24 bits per heavy atom. The molecule has 9 nitrogen and oxygen atoms in total. The van der Waals surface area contributed by atoms with Crippen LogP contribution in [-0.4, -0.2) is 44.5 Å². The molecule has 25 heavy (non-hydrogen) atoms. The number of anilines is 1. The lowest BCUT2D eigenvalue weighted by Crippen LogP contribution is -2.24. The Morgan fingerprint density at radius 3 is 2.92 bits per heavy atom. The van der Waals surface area contributed by atoms with E-state index in [1.54, 1.807) is 25.3 Å². The second kappa shape index (κ2) is 6.80. The van der Waals surface area contributed by atoms with Crippen molar-refractivity contribution in [1.82, 2.24) is 20.2 Å². The molecule has 1 aliphatic rings. The number of carbonyl (C=O) groups is 1. The van der Waals surface area contributed by atoms with Crippen LogP contribution in [0.3, 0.4) is 0 Å². The van der Waals surface area contributed by atoms with Crippen LogP contribution in [0.1, 0.15) is 31.9 Å². The van der Waals surface area contributed by atoms with E-state index in [-0.39, 0.29) is 17.7 Å². The number of nitrogens with zero attached hydrogens (tertiary/aromatic N) is 4. The van der Waals surface area contributed by atoms with Crippen LogP contribution in [-0.2, 0) is 4.79 Å². The molecule has 2 N–H and O–H groups in total. The number of hydrogen-bond donors (Lipinski definition) is 2. The van der Waals surface area contributed by atoms with E-state index < -0.39 is 12.0 Å². The van der Waals surface area contributed by atoms with Gasteiger partial charge in [-0.25, -0.2) is 4.79 Å². The Hall–Kier alpha value is -3.10. The number of hydrogen-bond acceptors (Lipinski definition) is 7. The van der Waals surface area contributed by atoms with Crippen LogP contribution in [0.2, 0.25) is 0 Å². The Morgan fingerprint density at radius 1 is 1.44 bits per heavy atom. The fourth-order valence-electron chi connectivity index (χ4n) is 2.48. The Bertz CT molecular complexity index is 817. The summed E-state index contributed by atoms with van der Waals surface area (Å²) in [6, 6.07) is 4.98. The fourth-order valence-corrected chi connectivity index (χ4v) is 2.48. The minimum Gasteiger partial charge on any atom is -0.493 e. The lowest BCUT2D eigenvalue weighted by molar-refractivity contribution is -0.132. The zero-order chi connectivity index (χ0) is 18.0. The van der Waals surface area contributed by atoms with Crippen molar-refractivity contribution in [2.75, 3.05) is 12.4 Å². The van der Waals surface area contributed by atoms with Gasteiger partial charge in [0.25, 0.3) is 0 Å². The normalized spacial score (nSPS) is 17.1. The highest BCUT2D eigenvalue weighted by Gasteiger charge is 2.27. The van der Waals surface area contributed by atoms with Crippen LogP contribution in [0.5, 0.6) is 11.5 Å². The zero-order valence-corrected chi connectivity index (χ0v) is 14.1. The molecule has 0 saturated carbocycles. The topological polar surface area (TPSA) is 111 Å². The number of benzene rings is 1. The molecule has 0 radical (unpaired) electrons. The number of aromatic nitrogens is 4. The molecule has 2 aromatic rings. The molecule has 2 heterocycles. The first kappa shape index (κ1) is 16.7. The Balaban J connectivity index is 2.00. The Kier molecular flexibility index (Phi) is 4.55. The molecular weight excluding hydrogens is 326 g/mol. The van der Waals surface area contributed by atoms with Gasteiger partial charge in [-0.15, -0.1) is 0 Å². The van der Waals surface area contributed by atoms with Crippen molar-refractivity contribution in [1.29, 1.82) is 0 Å². The third-order valence-corrected chi connectivity index (χ3v) is 3.99. The Labute approximate surface area is 144 Å². The quantitative estimate of drug-likeness (QED) is 0.816. The third kappa shape index (κ3) is 3.25. The summed E-state index contributed by atoms with van der Waals surface area (Å²) in [5, 5.41) is 23.3. The number of rotatable bonds is 6.